The van der Waals surface area contributed by atoms with Gasteiger partial charge in [0.2, 0.25) is 5.91 Å². The molecule has 0 radical (unpaired) electrons. The maximum absolute atomic E-state index is 12.2. The average Bonchev–Trinajstić information content (AvgIpc) is 2.82. The van der Waals surface area contributed by atoms with E-state index < -0.39 is 5.54 Å². The molecule has 0 saturated heterocycles. The van der Waals surface area contributed by atoms with E-state index in [1.54, 1.807) is 6.92 Å². The molecule has 100 valence electrons. The van der Waals surface area contributed by atoms with Crippen molar-refractivity contribution in [1.29, 1.82) is 0 Å². The highest BCUT2D eigenvalue weighted by molar-refractivity contribution is 5.86. The van der Waals surface area contributed by atoms with E-state index in [-0.39, 0.29) is 5.91 Å². The summed E-state index contributed by atoms with van der Waals surface area (Å²) in [6.45, 7) is 2.21. The number of aromatic nitrogens is 1. The molecule has 2 rings (SSSR count). The normalized spacial score (nSPS) is 13.8. The summed E-state index contributed by atoms with van der Waals surface area (Å²) in [5.74, 6) is -0.178. The molecule has 1 amide bonds. The zero-order valence-corrected chi connectivity index (χ0v) is 11.3. The lowest BCUT2D eigenvalue weighted by Crippen LogP contribution is -2.48. The van der Waals surface area contributed by atoms with Gasteiger partial charge in [0.25, 0.3) is 0 Å². The molecular weight excluding hydrogens is 238 g/mol. The molecule has 1 unspecified atom stereocenters. The van der Waals surface area contributed by atoms with Gasteiger partial charge in [-0.2, -0.15) is 0 Å². The van der Waals surface area contributed by atoms with Gasteiger partial charge in [0.05, 0.1) is 0 Å². The number of hydrogen-bond donors (Lipinski definition) is 2. The van der Waals surface area contributed by atoms with Crippen molar-refractivity contribution < 1.29 is 4.79 Å². The summed E-state index contributed by atoms with van der Waals surface area (Å²) in [5.41, 5.74) is 6.98. The van der Waals surface area contributed by atoms with Crippen LogP contribution < -0.4 is 11.1 Å². The number of aryl methyl sites for hydroxylation is 1. The maximum Gasteiger partial charge on any atom is 0.244 e. The van der Waals surface area contributed by atoms with Gasteiger partial charge in [-0.1, -0.05) is 30.3 Å². The Kier molecular flexibility index (Phi) is 3.71. The molecule has 0 fully saturated rings. The van der Waals surface area contributed by atoms with E-state index in [1.807, 2.05) is 60.4 Å². The molecule has 0 aliphatic heterocycles. The Morgan fingerprint density at radius 3 is 2.58 bits per heavy atom. The Bertz CT molecular complexity index is 558. The molecule has 4 heteroatoms. The SMILES string of the molecule is Cn1ccc(CNC(=O)C(C)(N)c2ccccc2)c1. The lowest BCUT2D eigenvalue weighted by atomic mass is 9.92. The molecule has 1 aromatic heterocycles. The zero-order valence-electron chi connectivity index (χ0n) is 11.3. The summed E-state index contributed by atoms with van der Waals surface area (Å²) in [7, 11) is 1.95. The van der Waals surface area contributed by atoms with E-state index >= 15 is 0 Å². The highest BCUT2D eigenvalue weighted by Crippen LogP contribution is 2.17. The van der Waals surface area contributed by atoms with Crippen molar-refractivity contribution in [3.8, 4) is 0 Å². The quantitative estimate of drug-likeness (QED) is 0.872. The molecule has 0 bridgehead atoms. The summed E-state index contributed by atoms with van der Waals surface area (Å²) in [4.78, 5) is 12.2. The first-order valence-electron chi connectivity index (χ1n) is 6.23. The second-order valence-electron chi connectivity index (χ2n) is 4.94. The van der Waals surface area contributed by atoms with Crippen LogP contribution in [-0.4, -0.2) is 10.5 Å². The third kappa shape index (κ3) is 3.03. The summed E-state index contributed by atoms with van der Waals surface area (Å²) >= 11 is 0. The van der Waals surface area contributed by atoms with Crippen molar-refractivity contribution in [2.75, 3.05) is 0 Å². The van der Waals surface area contributed by atoms with E-state index in [9.17, 15) is 4.79 Å². The molecule has 0 aliphatic rings. The smallest absolute Gasteiger partial charge is 0.244 e. The highest BCUT2D eigenvalue weighted by Gasteiger charge is 2.29. The molecule has 2 aromatic rings. The molecule has 4 nitrogen and oxygen atoms in total. The lowest BCUT2D eigenvalue weighted by Gasteiger charge is -2.24. The predicted molar refractivity (Wildman–Crippen MR) is 75.2 cm³/mol. The van der Waals surface area contributed by atoms with Gasteiger partial charge in [-0.25, -0.2) is 0 Å². The van der Waals surface area contributed by atoms with Crippen LogP contribution in [0.2, 0.25) is 0 Å². The van der Waals surface area contributed by atoms with Crippen LogP contribution in [0.5, 0.6) is 0 Å². The number of hydrogen-bond acceptors (Lipinski definition) is 2. The number of carbonyl (C=O) groups is 1. The molecule has 0 aliphatic carbocycles. The van der Waals surface area contributed by atoms with Crippen LogP contribution >= 0.6 is 0 Å². The fourth-order valence-corrected chi connectivity index (χ4v) is 1.95. The Labute approximate surface area is 113 Å². The van der Waals surface area contributed by atoms with Crippen molar-refractivity contribution in [3.05, 3.63) is 59.9 Å². The third-order valence-corrected chi connectivity index (χ3v) is 3.19. The van der Waals surface area contributed by atoms with Crippen molar-refractivity contribution in [1.82, 2.24) is 9.88 Å². The summed E-state index contributed by atoms with van der Waals surface area (Å²) in [6, 6.07) is 11.4. The molecule has 1 aromatic carbocycles. The van der Waals surface area contributed by atoms with Gasteiger partial charge >= 0.3 is 0 Å². The van der Waals surface area contributed by atoms with Crippen molar-refractivity contribution >= 4 is 5.91 Å². The summed E-state index contributed by atoms with van der Waals surface area (Å²) in [5, 5.41) is 2.87. The fourth-order valence-electron chi connectivity index (χ4n) is 1.95. The molecule has 0 spiro atoms. The molecular formula is C15H19N3O. The van der Waals surface area contributed by atoms with Gasteiger partial charge in [0.15, 0.2) is 0 Å². The van der Waals surface area contributed by atoms with E-state index in [0.29, 0.717) is 6.54 Å². The Balaban J connectivity index is 2.03. The van der Waals surface area contributed by atoms with Crippen molar-refractivity contribution in [2.45, 2.75) is 19.0 Å². The van der Waals surface area contributed by atoms with Gasteiger partial charge in [0, 0.05) is 26.0 Å². The van der Waals surface area contributed by atoms with Crippen LogP contribution in [0.25, 0.3) is 0 Å². The van der Waals surface area contributed by atoms with Gasteiger partial charge in [0.1, 0.15) is 5.54 Å². The maximum atomic E-state index is 12.2. The Hall–Kier alpha value is -2.07. The van der Waals surface area contributed by atoms with Crippen molar-refractivity contribution in [3.63, 3.8) is 0 Å². The molecule has 3 N–H and O–H groups in total. The lowest BCUT2D eigenvalue weighted by molar-refractivity contribution is -0.126. The second kappa shape index (κ2) is 5.28. The summed E-state index contributed by atoms with van der Waals surface area (Å²) < 4.78 is 1.94. The van der Waals surface area contributed by atoms with Gasteiger partial charge in [-0.05, 0) is 24.1 Å². The van der Waals surface area contributed by atoms with Crippen LogP contribution in [0, 0.1) is 0 Å². The third-order valence-electron chi connectivity index (χ3n) is 3.19. The minimum Gasteiger partial charge on any atom is -0.357 e. The number of rotatable bonds is 4. The number of nitrogens with zero attached hydrogens (tertiary/aromatic N) is 1. The first kappa shape index (κ1) is 13.4. The van der Waals surface area contributed by atoms with Crippen LogP contribution in [0.15, 0.2) is 48.8 Å². The molecule has 1 heterocycles. The topological polar surface area (TPSA) is 60.0 Å². The van der Waals surface area contributed by atoms with Crippen LogP contribution in [0.3, 0.4) is 0 Å². The fraction of sp³-hybridized carbons (Fsp3) is 0.267. The van der Waals surface area contributed by atoms with Crippen LogP contribution in [0.1, 0.15) is 18.1 Å². The van der Waals surface area contributed by atoms with Gasteiger partial charge in [-0.15, -0.1) is 0 Å². The number of nitrogens with two attached hydrogens (primary N) is 1. The van der Waals surface area contributed by atoms with E-state index in [1.165, 1.54) is 0 Å². The first-order valence-corrected chi connectivity index (χ1v) is 6.23. The number of amides is 1. The van der Waals surface area contributed by atoms with Crippen LogP contribution in [-0.2, 0) is 23.9 Å². The predicted octanol–water partition coefficient (Wildman–Crippen LogP) is 1.52. The number of carbonyl (C=O) groups excluding carboxylic acids is 1. The average molecular weight is 257 g/mol. The Morgan fingerprint density at radius 1 is 1.32 bits per heavy atom. The van der Waals surface area contributed by atoms with E-state index in [0.717, 1.165) is 11.1 Å². The second-order valence-corrected chi connectivity index (χ2v) is 4.94. The monoisotopic (exact) mass is 257 g/mol. The minimum absolute atomic E-state index is 0.178. The zero-order chi connectivity index (χ0) is 13.9. The molecule has 0 saturated carbocycles. The molecule has 1 atom stereocenters. The van der Waals surface area contributed by atoms with Gasteiger partial charge in [-0.3, -0.25) is 4.79 Å². The minimum atomic E-state index is -1.02. The van der Waals surface area contributed by atoms with E-state index in [2.05, 4.69) is 5.32 Å². The summed E-state index contributed by atoms with van der Waals surface area (Å²) in [6.07, 6.45) is 3.91. The largest absolute Gasteiger partial charge is 0.357 e. The van der Waals surface area contributed by atoms with Gasteiger partial charge < -0.3 is 15.6 Å². The number of nitrogens with one attached hydrogen (secondary N) is 1. The van der Waals surface area contributed by atoms with E-state index in [4.69, 9.17) is 5.73 Å². The van der Waals surface area contributed by atoms with Crippen molar-refractivity contribution in [2.24, 2.45) is 12.8 Å². The first-order chi connectivity index (χ1) is 9.00. The van der Waals surface area contributed by atoms with Crippen LogP contribution in [0.4, 0.5) is 0 Å². The number of benzene rings is 1. The standard InChI is InChI=1S/C15H19N3O/c1-15(16,13-6-4-3-5-7-13)14(19)17-10-12-8-9-18(2)11-12/h3-9,11H,10,16H2,1-2H3,(H,17,19). The highest BCUT2D eigenvalue weighted by atomic mass is 16.2. The molecule has 19 heavy (non-hydrogen) atoms. The Morgan fingerprint density at radius 2 is 2.00 bits per heavy atom.